The number of nitrogens with two attached hydrogens (primary N) is 1. The van der Waals surface area contributed by atoms with Gasteiger partial charge in [0.15, 0.2) is 0 Å². The molecular formula is C20H20N2O. The van der Waals surface area contributed by atoms with E-state index in [1.54, 1.807) is 6.07 Å². The van der Waals surface area contributed by atoms with Crippen LogP contribution in [0.5, 0.6) is 0 Å². The van der Waals surface area contributed by atoms with Crippen molar-refractivity contribution in [1.29, 1.82) is 0 Å². The summed E-state index contributed by atoms with van der Waals surface area (Å²) in [5.41, 5.74) is 12.2. The predicted octanol–water partition coefficient (Wildman–Crippen LogP) is 3.13. The van der Waals surface area contributed by atoms with Gasteiger partial charge < -0.3 is 10.7 Å². The maximum atomic E-state index is 11.7. The van der Waals surface area contributed by atoms with E-state index in [1.807, 2.05) is 12.1 Å². The number of nitrogens with one attached hydrogen (secondary N) is 1. The molecule has 2 atom stereocenters. The number of pyridine rings is 1. The minimum Gasteiger partial charge on any atom is -0.326 e. The molecule has 23 heavy (non-hydrogen) atoms. The van der Waals surface area contributed by atoms with Crippen molar-refractivity contribution in [1.82, 2.24) is 4.98 Å². The molecule has 0 amide bonds. The first kappa shape index (κ1) is 14.2. The Morgan fingerprint density at radius 2 is 2.00 bits per heavy atom. The number of rotatable bonds is 1. The van der Waals surface area contributed by atoms with E-state index in [9.17, 15) is 4.79 Å². The molecule has 0 saturated carbocycles. The van der Waals surface area contributed by atoms with Gasteiger partial charge in [-0.2, -0.15) is 0 Å². The Hall–Kier alpha value is -2.39. The molecule has 116 valence electrons. The molecule has 0 aliphatic heterocycles. The van der Waals surface area contributed by atoms with Crippen LogP contribution in [0.15, 0.2) is 65.0 Å². The minimum atomic E-state index is -0.531. The van der Waals surface area contributed by atoms with Gasteiger partial charge in [-0.3, -0.25) is 4.79 Å². The lowest BCUT2D eigenvalue weighted by molar-refractivity contribution is 0.429. The Morgan fingerprint density at radius 1 is 1.22 bits per heavy atom. The van der Waals surface area contributed by atoms with Gasteiger partial charge in [-0.15, -0.1) is 0 Å². The van der Waals surface area contributed by atoms with Gasteiger partial charge >= 0.3 is 0 Å². The Kier molecular flexibility index (Phi) is 3.13. The number of hydrogen-bond donors (Lipinski definition) is 2. The van der Waals surface area contributed by atoms with Crippen LogP contribution in [-0.2, 0) is 12.0 Å². The van der Waals surface area contributed by atoms with Crippen molar-refractivity contribution in [2.75, 3.05) is 0 Å². The van der Waals surface area contributed by atoms with Crippen LogP contribution in [0, 0.1) is 5.92 Å². The number of benzene rings is 1. The highest BCUT2D eigenvalue weighted by molar-refractivity contribution is 5.72. The van der Waals surface area contributed by atoms with Crippen LogP contribution in [0.2, 0.25) is 0 Å². The first-order valence-corrected chi connectivity index (χ1v) is 8.06. The van der Waals surface area contributed by atoms with E-state index >= 15 is 0 Å². The molecular weight excluding hydrogens is 284 g/mol. The maximum absolute atomic E-state index is 11.7. The molecule has 1 aromatic heterocycles. The number of aromatic amines is 1. The summed E-state index contributed by atoms with van der Waals surface area (Å²) in [5.74, 6) is 0.250. The average molecular weight is 304 g/mol. The van der Waals surface area contributed by atoms with Gasteiger partial charge in [0.25, 0.3) is 0 Å². The van der Waals surface area contributed by atoms with E-state index in [1.165, 1.54) is 16.7 Å². The summed E-state index contributed by atoms with van der Waals surface area (Å²) >= 11 is 0. The molecule has 0 unspecified atom stereocenters. The molecule has 1 heterocycles. The average Bonchev–Trinajstić information content (AvgIpc) is 2.54. The van der Waals surface area contributed by atoms with Gasteiger partial charge in [-0.1, -0.05) is 42.5 Å². The van der Waals surface area contributed by atoms with Crippen molar-refractivity contribution in [3.05, 3.63) is 87.4 Å². The summed E-state index contributed by atoms with van der Waals surface area (Å²) in [4.78, 5) is 14.7. The molecule has 3 N–H and O–H groups in total. The molecule has 2 aliphatic carbocycles. The van der Waals surface area contributed by atoms with Crippen LogP contribution >= 0.6 is 0 Å². The Bertz CT molecular complexity index is 876. The minimum absolute atomic E-state index is 0.0541. The molecule has 3 heteroatoms. The van der Waals surface area contributed by atoms with E-state index in [-0.39, 0.29) is 11.5 Å². The third-order valence-corrected chi connectivity index (χ3v) is 5.15. The van der Waals surface area contributed by atoms with Gasteiger partial charge in [-0.05, 0) is 48.1 Å². The molecule has 0 radical (unpaired) electrons. The first-order valence-electron chi connectivity index (χ1n) is 8.06. The monoisotopic (exact) mass is 304 g/mol. The van der Waals surface area contributed by atoms with Crippen molar-refractivity contribution in [3.8, 4) is 0 Å². The van der Waals surface area contributed by atoms with E-state index in [4.69, 9.17) is 5.73 Å². The van der Waals surface area contributed by atoms with E-state index in [0.717, 1.165) is 24.1 Å². The predicted molar refractivity (Wildman–Crippen MR) is 92.9 cm³/mol. The third-order valence-electron chi connectivity index (χ3n) is 5.15. The lowest BCUT2D eigenvalue weighted by Crippen LogP contribution is -2.48. The van der Waals surface area contributed by atoms with E-state index in [2.05, 4.69) is 48.3 Å². The summed E-state index contributed by atoms with van der Waals surface area (Å²) in [7, 11) is 0. The van der Waals surface area contributed by atoms with Gasteiger partial charge in [0, 0.05) is 17.7 Å². The summed E-state index contributed by atoms with van der Waals surface area (Å²) in [6.07, 6.45) is 6.04. The largest absolute Gasteiger partial charge is 0.326 e. The second-order valence-corrected chi connectivity index (χ2v) is 6.48. The Morgan fingerprint density at radius 3 is 2.74 bits per heavy atom. The zero-order valence-corrected chi connectivity index (χ0v) is 13.2. The standard InChI is InChI=1S/C20H20N2O/c1-2-16-14-10-15(13-6-4-3-5-7-13)12-20(16,21)17-8-9-19(23)22-18(17)11-14/h2-10,14H,11-12,21H2,1H3,(H,22,23)/b16-2+/t14-,20+/m0/s1. The number of fused-ring (bicyclic) bond motifs is 4. The number of hydrogen-bond acceptors (Lipinski definition) is 2. The molecule has 1 aromatic carbocycles. The number of allylic oxidation sites excluding steroid dienone is 2. The highest BCUT2D eigenvalue weighted by atomic mass is 16.1. The van der Waals surface area contributed by atoms with Crippen LogP contribution in [0.1, 0.15) is 30.2 Å². The summed E-state index contributed by atoms with van der Waals surface area (Å²) in [5, 5.41) is 0. The van der Waals surface area contributed by atoms with Gasteiger partial charge in [0.2, 0.25) is 5.56 Å². The van der Waals surface area contributed by atoms with Crippen LogP contribution in [0.3, 0.4) is 0 Å². The fourth-order valence-electron chi connectivity index (χ4n) is 4.18. The van der Waals surface area contributed by atoms with Gasteiger partial charge in [0.1, 0.15) is 0 Å². The zero-order chi connectivity index (χ0) is 16.0. The topological polar surface area (TPSA) is 58.9 Å². The maximum Gasteiger partial charge on any atom is 0.248 e. The van der Waals surface area contributed by atoms with Crippen LogP contribution in [0.4, 0.5) is 0 Å². The lowest BCUT2D eigenvalue weighted by Gasteiger charge is -2.45. The molecule has 2 aliphatic rings. The van der Waals surface area contributed by atoms with Crippen molar-refractivity contribution < 1.29 is 0 Å². The fraction of sp³-hybridized carbons (Fsp3) is 0.250. The van der Waals surface area contributed by atoms with Crippen molar-refractivity contribution in [2.45, 2.75) is 25.3 Å². The van der Waals surface area contributed by atoms with Crippen molar-refractivity contribution in [2.24, 2.45) is 11.7 Å². The normalized spacial score (nSPS) is 27.5. The summed E-state index contributed by atoms with van der Waals surface area (Å²) < 4.78 is 0. The van der Waals surface area contributed by atoms with Crippen LogP contribution in [0.25, 0.3) is 5.57 Å². The van der Waals surface area contributed by atoms with Crippen molar-refractivity contribution >= 4 is 5.57 Å². The van der Waals surface area contributed by atoms with E-state index < -0.39 is 5.54 Å². The number of H-pyrrole nitrogens is 1. The second-order valence-electron chi connectivity index (χ2n) is 6.48. The second kappa shape index (κ2) is 5.07. The van der Waals surface area contributed by atoms with Crippen LogP contribution in [-0.4, -0.2) is 4.98 Å². The molecule has 0 fully saturated rings. The van der Waals surface area contributed by atoms with Gasteiger partial charge in [0.05, 0.1) is 5.54 Å². The quantitative estimate of drug-likeness (QED) is 0.795. The van der Waals surface area contributed by atoms with Crippen LogP contribution < -0.4 is 11.3 Å². The SMILES string of the molecule is C/C=C1\[C@H]2C=C(c3ccccc3)C[C@]1(N)c1ccc(=O)[nH]c1C2. The van der Waals surface area contributed by atoms with E-state index in [0.29, 0.717) is 0 Å². The Labute approximate surface area is 135 Å². The molecule has 3 nitrogen and oxygen atoms in total. The highest BCUT2D eigenvalue weighted by Gasteiger charge is 2.44. The van der Waals surface area contributed by atoms with Gasteiger partial charge in [-0.25, -0.2) is 0 Å². The molecule has 2 bridgehead atoms. The lowest BCUT2D eigenvalue weighted by atomic mass is 9.62. The summed E-state index contributed by atoms with van der Waals surface area (Å²) in [6.45, 7) is 2.06. The Balaban J connectivity index is 1.90. The first-order chi connectivity index (χ1) is 11.1. The smallest absolute Gasteiger partial charge is 0.248 e. The summed E-state index contributed by atoms with van der Waals surface area (Å²) in [6, 6.07) is 13.9. The third kappa shape index (κ3) is 2.12. The molecule has 0 saturated heterocycles. The molecule has 2 aromatic rings. The fourth-order valence-corrected chi connectivity index (χ4v) is 4.18. The van der Waals surface area contributed by atoms with Crippen molar-refractivity contribution in [3.63, 3.8) is 0 Å². The molecule has 0 spiro atoms. The number of aromatic nitrogens is 1. The zero-order valence-electron chi connectivity index (χ0n) is 13.2. The highest BCUT2D eigenvalue weighted by Crippen LogP contribution is 2.49. The molecule has 4 rings (SSSR count).